The fourth-order valence-electron chi connectivity index (χ4n) is 2.39. The van der Waals surface area contributed by atoms with Crippen molar-refractivity contribution < 1.29 is 4.74 Å². The van der Waals surface area contributed by atoms with Gasteiger partial charge in [0.2, 0.25) is 0 Å². The van der Waals surface area contributed by atoms with E-state index in [0.717, 1.165) is 70.2 Å². The highest BCUT2D eigenvalue weighted by Crippen LogP contribution is 2.05. The third-order valence-electron chi connectivity index (χ3n) is 3.83. The zero-order chi connectivity index (χ0) is 17.6. The van der Waals surface area contributed by atoms with Crippen LogP contribution in [0.4, 0.5) is 0 Å². The number of halogens is 1. The summed E-state index contributed by atoms with van der Waals surface area (Å²) in [5.74, 6) is 0.895. The fraction of sp³-hybridized carbons (Fsp3) is 0.765. The summed E-state index contributed by atoms with van der Waals surface area (Å²) in [7, 11) is 3.88. The standard InChI is InChI=1S/C17H34N6O.HI/c1-5-18-17(20-10-12-23(3)11-7-13-24-4)19-9-6-8-16-14-21-22-15(16)2;/h14H,5-13H2,1-4H3,(H,21,22)(H2,18,19,20);1H. The van der Waals surface area contributed by atoms with Crippen molar-refractivity contribution in [2.75, 3.05) is 53.5 Å². The Bertz CT molecular complexity index is 466. The molecule has 0 fully saturated rings. The first-order valence-electron chi connectivity index (χ1n) is 8.85. The van der Waals surface area contributed by atoms with Crippen molar-refractivity contribution in [3.63, 3.8) is 0 Å². The van der Waals surface area contributed by atoms with Gasteiger partial charge in [-0.2, -0.15) is 5.10 Å². The summed E-state index contributed by atoms with van der Waals surface area (Å²) in [4.78, 5) is 6.94. The molecule has 1 aromatic heterocycles. The van der Waals surface area contributed by atoms with Crippen molar-refractivity contribution in [1.29, 1.82) is 0 Å². The van der Waals surface area contributed by atoms with Crippen LogP contribution in [-0.4, -0.2) is 74.5 Å². The molecule has 0 unspecified atom stereocenters. The number of ether oxygens (including phenoxy) is 1. The average molecular weight is 466 g/mol. The van der Waals surface area contributed by atoms with Crippen LogP contribution in [0.5, 0.6) is 0 Å². The summed E-state index contributed by atoms with van der Waals surface area (Å²) in [6, 6.07) is 0. The molecule has 1 aromatic rings. The summed E-state index contributed by atoms with van der Waals surface area (Å²) in [5.41, 5.74) is 2.43. The van der Waals surface area contributed by atoms with Crippen LogP contribution in [0.2, 0.25) is 0 Å². The smallest absolute Gasteiger partial charge is 0.191 e. The van der Waals surface area contributed by atoms with Crippen LogP contribution < -0.4 is 10.6 Å². The summed E-state index contributed by atoms with van der Waals surface area (Å²) < 4.78 is 5.08. The Morgan fingerprint density at radius 3 is 2.76 bits per heavy atom. The molecule has 0 saturated heterocycles. The molecule has 0 bridgehead atoms. The molecule has 8 heteroatoms. The Balaban J connectivity index is 0.00000576. The van der Waals surface area contributed by atoms with Crippen LogP contribution in [0, 0.1) is 6.92 Å². The maximum Gasteiger partial charge on any atom is 0.191 e. The van der Waals surface area contributed by atoms with Gasteiger partial charge >= 0.3 is 0 Å². The molecule has 146 valence electrons. The zero-order valence-corrected chi connectivity index (χ0v) is 18.4. The van der Waals surface area contributed by atoms with Crippen molar-refractivity contribution in [2.24, 2.45) is 4.99 Å². The van der Waals surface area contributed by atoms with Crippen LogP contribution in [0.3, 0.4) is 0 Å². The average Bonchev–Trinajstić information content (AvgIpc) is 2.97. The normalized spacial score (nSPS) is 11.5. The number of H-pyrrole nitrogens is 1. The number of likely N-dealkylation sites (N-methyl/N-ethyl adjacent to an activating group) is 1. The van der Waals surface area contributed by atoms with Crippen molar-refractivity contribution in [3.05, 3.63) is 17.5 Å². The molecule has 0 amide bonds. The summed E-state index contributed by atoms with van der Waals surface area (Å²) in [6.07, 6.45) is 5.00. The molecule has 1 rings (SSSR count). The molecule has 0 atom stereocenters. The van der Waals surface area contributed by atoms with Crippen molar-refractivity contribution >= 4 is 29.9 Å². The van der Waals surface area contributed by atoms with E-state index in [2.05, 4.69) is 51.6 Å². The minimum Gasteiger partial charge on any atom is -0.385 e. The Morgan fingerprint density at radius 2 is 2.12 bits per heavy atom. The first kappa shape index (κ1) is 24.1. The van der Waals surface area contributed by atoms with Gasteiger partial charge in [-0.15, -0.1) is 24.0 Å². The first-order chi connectivity index (χ1) is 11.7. The monoisotopic (exact) mass is 466 g/mol. The van der Waals surface area contributed by atoms with Crippen molar-refractivity contribution in [1.82, 2.24) is 25.7 Å². The minimum absolute atomic E-state index is 0. The van der Waals surface area contributed by atoms with E-state index >= 15 is 0 Å². The number of aromatic amines is 1. The molecule has 25 heavy (non-hydrogen) atoms. The molecule has 0 aliphatic rings. The molecule has 0 radical (unpaired) electrons. The molecule has 1 heterocycles. The molecule has 0 aliphatic carbocycles. The third kappa shape index (κ3) is 11.4. The largest absolute Gasteiger partial charge is 0.385 e. The Morgan fingerprint density at radius 1 is 1.32 bits per heavy atom. The first-order valence-corrected chi connectivity index (χ1v) is 8.85. The molecule has 3 N–H and O–H groups in total. The number of hydrogen-bond donors (Lipinski definition) is 3. The van der Waals surface area contributed by atoms with Crippen LogP contribution >= 0.6 is 24.0 Å². The SMILES string of the molecule is CCNC(=NCCCc1cn[nH]c1C)NCCN(C)CCCOC.I. The van der Waals surface area contributed by atoms with Crippen molar-refractivity contribution in [2.45, 2.75) is 33.1 Å². The lowest BCUT2D eigenvalue weighted by molar-refractivity contribution is 0.180. The highest BCUT2D eigenvalue weighted by molar-refractivity contribution is 14.0. The van der Waals surface area contributed by atoms with Gasteiger partial charge in [-0.1, -0.05) is 0 Å². The topological polar surface area (TPSA) is 77.6 Å². The van der Waals surface area contributed by atoms with Gasteiger partial charge in [0.25, 0.3) is 0 Å². The van der Waals surface area contributed by atoms with E-state index < -0.39 is 0 Å². The van der Waals surface area contributed by atoms with E-state index in [4.69, 9.17) is 4.74 Å². The van der Waals surface area contributed by atoms with E-state index in [-0.39, 0.29) is 24.0 Å². The summed E-state index contributed by atoms with van der Waals surface area (Å²) in [5, 5.41) is 13.7. The van der Waals surface area contributed by atoms with Gasteiger partial charge in [0.15, 0.2) is 5.96 Å². The second-order valence-electron chi connectivity index (χ2n) is 5.96. The number of guanidine groups is 1. The number of hydrogen-bond acceptors (Lipinski definition) is 4. The second kappa shape index (κ2) is 15.4. The van der Waals surface area contributed by atoms with Crippen molar-refractivity contribution in [3.8, 4) is 0 Å². The maximum atomic E-state index is 5.08. The van der Waals surface area contributed by atoms with Gasteiger partial charge in [-0.3, -0.25) is 10.1 Å². The molecular formula is C17H35IN6O. The molecule has 0 aliphatic heterocycles. The lowest BCUT2D eigenvalue weighted by Gasteiger charge is -2.18. The molecule has 7 nitrogen and oxygen atoms in total. The number of methoxy groups -OCH3 is 1. The second-order valence-corrected chi connectivity index (χ2v) is 5.96. The van der Waals surface area contributed by atoms with Gasteiger partial charge < -0.3 is 20.3 Å². The number of rotatable bonds is 12. The molecule has 0 spiro atoms. The van der Waals surface area contributed by atoms with E-state index in [1.165, 1.54) is 5.56 Å². The van der Waals surface area contributed by atoms with Crippen LogP contribution in [0.25, 0.3) is 0 Å². The van der Waals surface area contributed by atoms with Crippen LogP contribution in [0.1, 0.15) is 31.0 Å². The van der Waals surface area contributed by atoms with Gasteiger partial charge in [-0.05, 0) is 45.7 Å². The number of aromatic nitrogens is 2. The molecule has 0 aromatic carbocycles. The van der Waals surface area contributed by atoms with Gasteiger partial charge in [0.05, 0.1) is 6.20 Å². The minimum atomic E-state index is 0. The number of nitrogens with zero attached hydrogens (tertiary/aromatic N) is 3. The Kier molecular flexibility index (Phi) is 14.9. The Labute approximate surface area is 169 Å². The highest BCUT2D eigenvalue weighted by atomic mass is 127. The van der Waals surface area contributed by atoms with E-state index in [1.807, 2.05) is 6.20 Å². The summed E-state index contributed by atoms with van der Waals surface area (Å²) >= 11 is 0. The van der Waals surface area contributed by atoms with Gasteiger partial charge in [0.1, 0.15) is 0 Å². The maximum absolute atomic E-state index is 5.08. The van der Waals surface area contributed by atoms with Gasteiger partial charge in [0, 0.05) is 52.1 Å². The van der Waals surface area contributed by atoms with Crippen LogP contribution in [-0.2, 0) is 11.2 Å². The molecule has 0 saturated carbocycles. The quantitative estimate of drug-likeness (QED) is 0.190. The number of aryl methyl sites for hydroxylation is 2. The predicted molar refractivity (Wildman–Crippen MR) is 115 cm³/mol. The lowest BCUT2D eigenvalue weighted by atomic mass is 10.1. The van der Waals surface area contributed by atoms with E-state index in [1.54, 1.807) is 7.11 Å². The van der Waals surface area contributed by atoms with Crippen LogP contribution in [0.15, 0.2) is 11.2 Å². The fourth-order valence-corrected chi connectivity index (χ4v) is 2.39. The van der Waals surface area contributed by atoms with E-state index in [9.17, 15) is 0 Å². The predicted octanol–water partition coefficient (Wildman–Crippen LogP) is 1.79. The number of aliphatic imine (C=N–C) groups is 1. The lowest BCUT2D eigenvalue weighted by Crippen LogP contribution is -2.41. The highest BCUT2D eigenvalue weighted by Gasteiger charge is 2.02. The van der Waals surface area contributed by atoms with E-state index in [0.29, 0.717) is 0 Å². The van der Waals surface area contributed by atoms with Gasteiger partial charge in [-0.25, -0.2) is 0 Å². The molecular weight excluding hydrogens is 431 g/mol. The Hall–Kier alpha value is -0.870. The number of nitrogens with one attached hydrogen (secondary N) is 3. The zero-order valence-electron chi connectivity index (χ0n) is 16.1. The third-order valence-corrected chi connectivity index (χ3v) is 3.83. The summed E-state index contributed by atoms with van der Waals surface area (Å²) in [6.45, 7) is 9.56.